The van der Waals surface area contributed by atoms with Gasteiger partial charge in [-0.25, -0.2) is 0 Å². The Hall–Kier alpha value is 0.470. The molecule has 2 atom stereocenters. The molecule has 2 aromatic carbocycles. The summed E-state index contributed by atoms with van der Waals surface area (Å²) in [6.07, 6.45) is 7.93. The molecule has 7 heteroatoms. The molecule has 0 amide bonds. The maximum atomic E-state index is 5.99. The van der Waals surface area contributed by atoms with Crippen LogP contribution in [0.4, 0.5) is 0 Å². The first-order chi connectivity index (χ1) is 13.3. The second-order valence-electron chi connectivity index (χ2n) is 7.81. The fourth-order valence-electron chi connectivity index (χ4n) is 4.44. The molecular weight excluding hydrogens is 573 g/mol. The van der Waals surface area contributed by atoms with E-state index >= 15 is 0 Å². The topological polar surface area (TPSA) is 0 Å². The van der Waals surface area contributed by atoms with E-state index in [1.54, 1.807) is 30.3 Å². The first kappa shape index (κ1) is 26.7. The second-order valence-corrected chi connectivity index (χ2v) is 18.5. The van der Waals surface area contributed by atoms with Crippen molar-refractivity contribution < 1.29 is 49.5 Å². The molecule has 0 spiro atoms. The summed E-state index contributed by atoms with van der Waals surface area (Å²) in [7, 11) is 0. The molecule has 2 aromatic rings. The second kappa shape index (κ2) is 11.1. The van der Waals surface area contributed by atoms with Crippen LogP contribution in [0.15, 0.2) is 53.6 Å². The number of hydrogen-bond donors (Lipinski definition) is 0. The van der Waals surface area contributed by atoms with Crippen molar-refractivity contribution in [2.45, 2.75) is 41.8 Å². The van der Waals surface area contributed by atoms with E-state index in [0.29, 0.717) is 9.54 Å². The van der Waals surface area contributed by atoms with Crippen molar-refractivity contribution in [2.75, 3.05) is 0 Å². The van der Waals surface area contributed by atoms with Gasteiger partial charge in [0.15, 0.2) is 0 Å². The van der Waals surface area contributed by atoms with Gasteiger partial charge < -0.3 is 24.8 Å². The van der Waals surface area contributed by atoms with E-state index in [0.717, 1.165) is 25.3 Å². The number of fused-ring (bicyclic) bond motifs is 2. The Labute approximate surface area is 222 Å². The van der Waals surface area contributed by atoms with Crippen LogP contribution in [0.5, 0.6) is 0 Å². The van der Waals surface area contributed by atoms with Crippen molar-refractivity contribution in [3.8, 4) is 0 Å². The Kier molecular flexibility index (Phi) is 9.85. The quantitative estimate of drug-likeness (QED) is 0.272. The standard InChI is InChI=1S/C23H22Cl3Si.2ClH.Zr/c1-16-12-19-7-2-3-8-22(19)23(16)21-14-18-10-9-17(13-20(18)15-21)6-4-5-11-27(24,25)26;;;/h2-3,7-10,12-15,23H,4-6,11H2,1H3;2*1H;/q;;;+2/p-2. The number of allylic oxidation sites excluding steroid dienone is 2. The summed E-state index contributed by atoms with van der Waals surface area (Å²) >= 11 is 19.5. The summed E-state index contributed by atoms with van der Waals surface area (Å²) < 4.78 is 0.547. The summed E-state index contributed by atoms with van der Waals surface area (Å²) in [5.74, 6) is 0.436. The number of halogens is 5. The van der Waals surface area contributed by atoms with Gasteiger partial charge in [0.25, 0.3) is 0 Å². The van der Waals surface area contributed by atoms with E-state index in [4.69, 9.17) is 33.2 Å². The van der Waals surface area contributed by atoms with Crippen LogP contribution in [0.3, 0.4) is 0 Å². The van der Waals surface area contributed by atoms with Crippen LogP contribution in [0.1, 0.15) is 57.1 Å². The minimum atomic E-state index is -2.48. The molecule has 30 heavy (non-hydrogen) atoms. The molecular formula is C23H22Cl5SiZr. The number of unbranched alkanes of at least 4 members (excludes halogenated alkanes) is 1. The third-order valence-electron chi connectivity index (χ3n) is 5.77. The fraction of sp³-hybridized carbons (Fsp3) is 0.304. The van der Waals surface area contributed by atoms with Gasteiger partial charge in [-0.05, 0) is 0 Å². The smallest absolute Gasteiger partial charge is 1.00 e. The third kappa shape index (κ3) is 5.88. The van der Waals surface area contributed by atoms with Crippen LogP contribution in [0.25, 0.3) is 12.2 Å². The van der Waals surface area contributed by atoms with Crippen LogP contribution in [0.2, 0.25) is 6.04 Å². The summed E-state index contributed by atoms with van der Waals surface area (Å²) in [5, 5.41) is 0. The van der Waals surface area contributed by atoms with Gasteiger partial charge in [-0.15, -0.1) is 0 Å². The zero-order valence-electron chi connectivity index (χ0n) is 16.6. The SMILES string of the molecule is CC1=Cc2ccccc2C1C1=Cc2cc(CCCC[Si](Cl)(Cl)Cl)ccc2[CH]1[Zr+2].[Cl-].[Cl-]. The summed E-state index contributed by atoms with van der Waals surface area (Å²) in [4.78, 5) is 0. The van der Waals surface area contributed by atoms with Crippen molar-refractivity contribution in [2.24, 2.45) is 0 Å². The molecule has 0 bridgehead atoms. The molecule has 4 rings (SSSR count). The molecule has 0 N–H and O–H groups in total. The summed E-state index contributed by atoms with van der Waals surface area (Å²) in [6, 6.07) is 14.1. The Morgan fingerprint density at radius 1 is 0.900 bits per heavy atom. The van der Waals surface area contributed by atoms with Gasteiger partial charge in [-0.3, -0.25) is 0 Å². The zero-order valence-corrected chi connectivity index (χ0v) is 23.8. The van der Waals surface area contributed by atoms with E-state index in [-0.39, 0.29) is 24.8 Å². The summed E-state index contributed by atoms with van der Waals surface area (Å²) in [6.45, 7) is 2.27. The van der Waals surface area contributed by atoms with Gasteiger partial charge in [0.05, 0.1) is 0 Å². The maximum Gasteiger partial charge on any atom is -1.00 e. The number of hydrogen-bond acceptors (Lipinski definition) is 0. The van der Waals surface area contributed by atoms with Gasteiger partial charge in [-0.2, -0.15) is 0 Å². The monoisotopic (exact) mass is 591 g/mol. The van der Waals surface area contributed by atoms with E-state index in [1.807, 2.05) is 0 Å². The summed E-state index contributed by atoms with van der Waals surface area (Å²) in [5.41, 5.74) is 10.1. The molecule has 0 fully saturated rings. The van der Waals surface area contributed by atoms with Crippen molar-refractivity contribution >= 4 is 51.4 Å². The third-order valence-corrected chi connectivity index (χ3v) is 9.98. The van der Waals surface area contributed by atoms with Crippen molar-refractivity contribution in [1.82, 2.24) is 0 Å². The van der Waals surface area contributed by atoms with Gasteiger partial charge in [-0.1, -0.05) is 0 Å². The van der Waals surface area contributed by atoms with Gasteiger partial charge in [0.2, 0.25) is 0 Å². The van der Waals surface area contributed by atoms with Gasteiger partial charge in [0.1, 0.15) is 0 Å². The average Bonchev–Trinajstić information content (AvgIpc) is 3.13. The molecule has 0 nitrogen and oxygen atoms in total. The Balaban J connectivity index is 0.00000160. The first-order valence-corrected chi connectivity index (χ1v) is 16.4. The predicted molar refractivity (Wildman–Crippen MR) is 121 cm³/mol. The van der Waals surface area contributed by atoms with E-state index in [1.165, 1.54) is 33.4 Å². The van der Waals surface area contributed by atoms with E-state index < -0.39 is 6.00 Å². The minimum Gasteiger partial charge on any atom is -1.00 e. The van der Waals surface area contributed by atoms with E-state index in [2.05, 4.69) is 61.5 Å². The molecule has 0 heterocycles. The number of benzene rings is 2. The average molecular weight is 595 g/mol. The normalized spacial score (nSPS) is 19.3. The zero-order chi connectivity index (χ0) is 19.9. The molecule has 0 saturated carbocycles. The number of aryl methyl sites for hydroxylation is 1. The van der Waals surface area contributed by atoms with Gasteiger partial charge >= 0.3 is 199 Å². The van der Waals surface area contributed by atoms with E-state index in [9.17, 15) is 0 Å². The van der Waals surface area contributed by atoms with Crippen LogP contribution >= 0.6 is 33.2 Å². The molecule has 0 saturated heterocycles. The Morgan fingerprint density at radius 2 is 1.63 bits per heavy atom. The molecule has 2 unspecified atom stereocenters. The minimum absolute atomic E-state index is 0. The molecule has 0 aliphatic heterocycles. The van der Waals surface area contributed by atoms with Crippen LogP contribution in [-0.4, -0.2) is 6.00 Å². The van der Waals surface area contributed by atoms with Crippen molar-refractivity contribution in [3.63, 3.8) is 0 Å². The maximum absolute atomic E-state index is 5.99. The van der Waals surface area contributed by atoms with Crippen LogP contribution in [-0.2, 0) is 31.1 Å². The predicted octanol–water partition coefficient (Wildman–Crippen LogP) is 1.86. The molecule has 0 radical (unpaired) electrons. The van der Waals surface area contributed by atoms with Crippen LogP contribution < -0.4 is 24.8 Å². The first-order valence-electron chi connectivity index (χ1n) is 9.73. The fourth-order valence-corrected chi connectivity index (χ4v) is 7.55. The Morgan fingerprint density at radius 3 is 2.37 bits per heavy atom. The molecule has 2 aliphatic rings. The van der Waals surface area contributed by atoms with Crippen LogP contribution in [0, 0.1) is 0 Å². The Bertz CT molecular complexity index is 964. The molecule has 0 aromatic heterocycles. The van der Waals surface area contributed by atoms with Gasteiger partial charge in [0, 0.05) is 0 Å². The van der Waals surface area contributed by atoms with Crippen molar-refractivity contribution in [3.05, 3.63) is 81.4 Å². The molecule has 2 aliphatic carbocycles. The number of rotatable bonds is 6. The molecule has 157 valence electrons. The van der Waals surface area contributed by atoms with Crippen molar-refractivity contribution in [1.29, 1.82) is 0 Å². The largest absolute Gasteiger partial charge is 1.00 e.